The quantitative estimate of drug-likeness (QED) is 0.299. The average molecular weight is 367 g/mol. The van der Waals surface area contributed by atoms with E-state index in [-0.39, 0.29) is 6.09 Å². The van der Waals surface area contributed by atoms with E-state index in [9.17, 15) is 4.79 Å². The maximum atomic E-state index is 11.5. The monoisotopic (exact) mass is 366 g/mol. The highest BCUT2D eigenvalue weighted by Gasteiger charge is 2.15. The molecule has 25 heavy (non-hydrogen) atoms. The second-order valence-corrected chi connectivity index (χ2v) is 7.36. The van der Waals surface area contributed by atoms with Gasteiger partial charge in [-0.1, -0.05) is 12.1 Å². The standard InChI is InChI=1S/C18H30N4O2S/c1-18(2,3)24-17(23)21-12-6-11-20-16(19-4)22-13-14-7-9-15(25-5)10-8-14/h7-10H,6,11-13H2,1-5H3,(H,21,23)(H2,19,20,22). The second-order valence-electron chi connectivity index (χ2n) is 6.48. The summed E-state index contributed by atoms with van der Waals surface area (Å²) in [6.07, 6.45) is 2.46. The summed E-state index contributed by atoms with van der Waals surface area (Å²) in [4.78, 5) is 17.0. The molecule has 0 saturated carbocycles. The van der Waals surface area contributed by atoms with Crippen LogP contribution in [0.2, 0.25) is 0 Å². The Balaban J connectivity index is 2.20. The number of guanidine groups is 1. The van der Waals surface area contributed by atoms with Crippen LogP contribution in [0.4, 0.5) is 4.79 Å². The molecule has 1 rings (SSSR count). The first-order valence-electron chi connectivity index (χ1n) is 8.38. The highest BCUT2D eigenvalue weighted by atomic mass is 32.2. The summed E-state index contributed by atoms with van der Waals surface area (Å²) < 4.78 is 5.18. The predicted octanol–water partition coefficient (Wildman–Crippen LogP) is 2.99. The van der Waals surface area contributed by atoms with Crippen LogP contribution >= 0.6 is 11.8 Å². The molecule has 0 atom stereocenters. The van der Waals surface area contributed by atoms with Crippen molar-refractivity contribution in [1.82, 2.24) is 16.0 Å². The number of carbonyl (C=O) groups is 1. The first kappa shape index (κ1) is 21.2. The third-order valence-corrected chi connectivity index (χ3v) is 3.90. The molecule has 0 aromatic heterocycles. The van der Waals surface area contributed by atoms with Gasteiger partial charge in [-0.25, -0.2) is 4.79 Å². The maximum Gasteiger partial charge on any atom is 0.407 e. The molecule has 0 heterocycles. The lowest BCUT2D eigenvalue weighted by Crippen LogP contribution is -2.39. The van der Waals surface area contributed by atoms with Crippen LogP contribution in [0.25, 0.3) is 0 Å². The van der Waals surface area contributed by atoms with Gasteiger partial charge in [-0.3, -0.25) is 4.99 Å². The van der Waals surface area contributed by atoms with Gasteiger partial charge in [0.25, 0.3) is 0 Å². The van der Waals surface area contributed by atoms with Gasteiger partial charge in [0.05, 0.1) is 0 Å². The number of hydrogen-bond donors (Lipinski definition) is 3. The molecule has 0 bridgehead atoms. The van der Waals surface area contributed by atoms with Gasteiger partial charge in [0.1, 0.15) is 5.60 Å². The van der Waals surface area contributed by atoms with Gasteiger partial charge in [0.15, 0.2) is 5.96 Å². The van der Waals surface area contributed by atoms with Crippen LogP contribution in [0.15, 0.2) is 34.2 Å². The fourth-order valence-electron chi connectivity index (χ4n) is 1.95. The normalized spacial score (nSPS) is 11.8. The number of hydrogen-bond acceptors (Lipinski definition) is 4. The van der Waals surface area contributed by atoms with E-state index in [0.29, 0.717) is 19.6 Å². The van der Waals surface area contributed by atoms with Crippen LogP contribution in [0.3, 0.4) is 0 Å². The zero-order valence-electron chi connectivity index (χ0n) is 15.8. The van der Waals surface area contributed by atoms with E-state index in [1.54, 1.807) is 18.8 Å². The molecule has 6 nitrogen and oxygen atoms in total. The summed E-state index contributed by atoms with van der Waals surface area (Å²) in [5, 5.41) is 9.24. The summed E-state index contributed by atoms with van der Waals surface area (Å²) in [6, 6.07) is 8.44. The molecule has 1 aromatic rings. The molecule has 3 N–H and O–H groups in total. The van der Waals surface area contributed by atoms with E-state index in [1.807, 2.05) is 20.8 Å². The third-order valence-electron chi connectivity index (χ3n) is 3.16. The number of nitrogens with zero attached hydrogens (tertiary/aromatic N) is 1. The summed E-state index contributed by atoms with van der Waals surface area (Å²) >= 11 is 1.73. The fraction of sp³-hybridized carbons (Fsp3) is 0.556. The Kier molecular flexibility index (Phi) is 9.20. The van der Waals surface area contributed by atoms with Gasteiger partial charge in [-0.15, -0.1) is 11.8 Å². The van der Waals surface area contributed by atoms with Gasteiger partial charge < -0.3 is 20.7 Å². The average Bonchev–Trinajstić information content (AvgIpc) is 2.56. The maximum absolute atomic E-state index is 11.5. The number of carbonyl (C=O) groups excluding carboxylic acids is 1. The van der Waals surface area contributed by atoms with Crippen molar-refractivity contribution in [3.8, 4) is 0 Å². The number of alkyl carbamates (subject to hydrolysis) is 1. The Labute approximate surface area is 155 Å². The molecule has 7 heteroatoms. The number of nitrogens with one attached hydrogen (secondary N) is 3. The van der Waals surface area contributed by atoms with Crippen LogP contribution in [0, 0.1) is 0 Å². The molecule has 1 amide bonds. The molecule has 0 unspecified atom stereocenters. The molecule has 0 aliphatic rings. The Morgan fingerprint density at radius 2 is 1.76 bits per heavy atom. The zero-order valence-corrected chi connectivity index (χ0v) is 16.6. The van der Waals surface area contributed by atoms with Crippen molar-refractivity contribution in [3.05, 3.63) is 29.8 Å². The molecule has 140 valence electrons. The van der Waals surface area contributed by atoms with Crippen molar-refractivity contribution in [1.29, 1.82) is 0 Å². The van der Waals surface area contributed by atoms with Crippen molar-refractivity contribution in [2.45, 2.75) is 44.2 Å². The van der Waals surface area contributed by atoms with Gasteiger partial charge >= 0.3 is 6.09 Å². The third kappa shape index (κ3) is 9.86. The molecular formula is C18H30N4O2S. The molecule has 0 aliphatic heterocycles. The first-order chi connectivity index (χ1) is 11.8. The highest BCUT2D eigenvalue weighted by Crippen LogP contribution is 2.14. The van der Waals surface area contributed by atoms with Crippen LogP contribution in [0.5, 0.6) is 0 Å². The minimum Gasteiger partial charge on any atom is -0.444 e. The molecule has 0 aliphatic carbocycles. The van der Waals surface area contributed by atoms with Gasteiger partial charge in [-0.05, 0) is 51.1 Å². The number of ether oxygens (including phenoxy) is 1. The number of thioether (sulfide) groups is 1. The smallest absolute Gasteiger partial charge is 0.407 e. The van der Waals surface area contributed by atoms with E-state index < -0.39 is 5.60 Å². The predicted molar refractivity (Wildman–Crippen MR) is 105 cm³/mol. The Hall–Kier alpha value is -1.89. The van der Waals surface area contributed by atoms with Crippen LogP contribution < -0.4 is 16.0 Å². The molecule has 1 aromatic carbocycles. The van der Waals surface area contributed by atoms with Crippen molar-refractivity contribution >= 4 is 23.8 Å². The van der Waals surface area contributed by atoms with Crippen molar-refractivity contribution in [3.63, 3.8) is 0 Å². The fourth-order valence-corrected chi connectivity index (χ4v) is 2.36. The van der Waals surface area contributed by atoms with Crippen LogP contribution in [-0.2, 0) is 11.3 Å². The zero-order chi connectivity index (χ0) is 18.7. The number of aliphatic imine (C=N–C) groups is 1. The molecule has 0 radical (unpaired) electrons. The summed E-state index contributed by atoms with van der Waals surface area (Å²) in [6.45, 7) is 7.51. The minimum atomic E-state index is -0.470. The second kappa shape index (κ2) is 10.9. The number of amides is 1. The van der Waals surface area contributed by atoms with E-state index >= 15 is 0 Å². The van der Waals surface area contributed by atoms with Gasteiger partial charge in [-0.2, -0.15) is 0 Å². The Morgan fingerprint density at radius 3 is 2.32 bits per heavy atom. The van der Waals surface area contributed by atoms with E-state index in [0.717, 1.165) is 12.4 Å². The minimum absolute atomic E-state index is 0.385. The van der Waals surface area contributed by atoms with E-state index in [1.165, 1.54) is 10.5 Å². The molecule has 0 spiro atoms. The molecule has 0 fully saturated rings. The van der Waals surface area contributed by atoms with Crippen molar-refractivity contribution < 1.29 is 9.53 Å². The summed E-state index contributed by atoms with van der Waals surface area (Å²) in [5.74, 6) is 0.742. The number of benzene rings is 1. The van der Waals surface area contributed by atoms with Gasteiger partial charge in [0, 0.05) is 31.6 Å². The highest BCUT2D eigenvalue weighted by molar-refractivity contribution is 7.98. The lowest BCUT2D eigenvalue weighted by atomic mass is 10.2. The summed E-state index contributed by atoms with van der Waals surface area (Å²) in [5.41, 5.74) is 0.731. The van der Waals surface area contributed by atoms with Crippen molar-refractivity contribution in [2.75, 3.05) is 26.4 Å². The Bertz CT molecular complexity index is 553. The SMILES string of the molecule is CN=C(NCCCNC(=O)OC(C)(C)C)NCc1ccc(SC)cc1. The lowest BCUT2D eigenvalue weighted by Gasteiger charge is -2.19. The largest absolute Gasteiger partial charge is 0.444 e. The van der Waals surface area contributed by atoms with Crippen molar-refractivity contribution in [2.24, 2.45) is 4.99 Å². The molecular weight excluding hydrogens is 336 g/mol. The van der Waals surface area contributed by atoms with Gasteiger partial charge in [0.2, 0.25) is 0 Å². The molecule has 0 saturated heterocycles. The lowest BCUT2D eigenvalue weighted by molar-refractivity contribution is 0.0527. The van der Waals surface area contributed by atoms with Crippen LogP contribution in [-0.4, -0.2) is 44.0 Å². The first-order valence-corrected chi connectivity index (χ1v) is 9.61. The van der Waals surface area contributed by atoms with Crippen LogP contribution in [0.1, 0.15) is 32.8 Å². The number of rotatable bonds is 7. The summed E-state index contributed by atoms with van der Waals surface area (Å²) in [7, 11) is 1.74. The van der Waals surface area contributed by atoms with E-state index in [4.69, 9.17) is 4.74 Å². The van der Waals surface area contributed by atoms with E-state index in [2.05, 4.69) is 51.5 Å². The topological polar surface area (TPSA) is 74.8 Å². The Morgan fingerprint density at radius 1 is 1.12 bits per heavy atom.